The Labute approximate surface area is 146 Å². The Bertz CT molecular complexity index is 533. The fourth-order valence-electron chi connectivity index (χ4n) is 8.40. The molecule has 0 aromatic heterocycles. The van der Waals surface area contributed by atoms with Gasteiger partial charge in [-0.15, -0.1) is 0 Å². The maximum absolute atomic E-state index is 10.1. The SMILES string of the molecule is C[C@]12CC[C@H](O)C[C@@H]1CC[C@@H]1[C@@H]2CC[C@@]2(C)[C@H]1CC[C@@]21OC1CO. The highest BCUT2D eigenvalue weighted by Gasteiger charge is 2.74. The molecule has 136 valence electrons. The second-order valence-corrected chi connectivity index (χ2v) is 10.3. The molecule has 2 N–H and O–H groups in total. The lowest BCUT2D eigenvalue weighted by Crippen LogP contribution is -2.55. The van der Waals surface area contributed by atoms with E-state index in [1.54, 1.807) is 0 Å². The molecule has 0 aromatic rings. The average molecular weight is 335 g/mol. The van der Waals surface area contributed by atoms with E-state index in [4.69, 9.17) is 4.74 Å². The predicted molar refractivity (Wildman–Crippen MR) is 92.4 cm³/mol. The molecule has 3 nitrogen and oxygen atoms in total. The topological polar surface area (TPSA) is 53.0 Å². The summed E-state index contributed by atoms with van der Waals surface area (Å²) in [5.41, 5.74) is 0.761. The first-order valence-corrected chi connectivity index (χ1v) is 10.4. The Morgan fingerprint density at radius 1 is 0.958 bits per heavy atom. The van der Waals surface area contributed by atoms with Crippen LogP contribution in [0.25, 0.3) is 0 Å². The van der Waals surface area contributed by atoms with Crippen LogP contribution in [-0.4, -0.2) is 34.6 Å². The number of hydrogen-bond donors (Lipinski definition) is 2. The maximum Gasteiger partial charge on any atom is 0.111 e. The minimum atomic E-state index is -0.0478. The van der Waals surface area contributed by atoms with E-state index in [0.717, 1.165) is 36.5 Å². The van der Waals surface area contributed by atoms with E-state index >= 15 is 0 Å². The third-order valence-corrected chi connectivity index (χ3v) is 9.80. The van der Waals surface area contributed by atoms with Crippen molar-refractivity contribution in [2.45, 2.75) is 89.4 Å². The van der Waals surface area contributed by atoms with Crippen molar-refractivity contribution >= 4 is 0 Å². The molecule has 5 aliphatic rings. The first-order valence-electron chi connectivity index (χ1n) is 10.4. The van der Waals surface area contributed by atoms with Crippen molar-refractivity contribution in [1.82, 2.24) is 0 Å². The van der Waals surface area contributed by atoms with E-state index in [1.807, 2.05) is 0 Å². The van der Waals surface area contributed by atoms with Crippen LogP contribution in [0, 0.1) is 34.5 Å². The molecule has 3 heteroatoms. The second kappa shape index (κ2) is 4.98. The van der Waals surface area contributed by atoms with E-state index in [9.17, 15) is 10.2 Å². The molecule has 0 aromatic carbocycles. The van der Waals surface area contributed by atoms with Crippen LogP contribution < -0.4 is 0 Å². The zero-order valence-electron chi connectivity index (χ0n) is 15.3. The Morgan fingerprint density at radius 3 is 2.50 bits per heavy atom. The third kappa shape index (κ3) is 1.80. The lowest BCUT2D eigenvalue weighted by atomic mass is 9.44. The van der Waals surface area contributed by atoms with Gasteiger partial charge in [-0.05, 0) is 86.9 Å². The van der Waals surface area contributed by atoms with E-state index < -0.39 is 0 Å². The molecule has 5 fully saturated rings. The molecular weight excluding hydrogens is 300 g/mol. The summed E-state index contributed by atoms with van der Waals surface area (Å²) in [4.78, 5) is 0. The molecular formula is C21H34O3. The molecule has 5 rings (SSSR count). The van der Waals surface area contributed by atoms with Crippen molar-refractivity contribution in [1.29, 1.82) is 0 Å². The van der Waals surface area contributed by atoms with Gasteiger partial charge in [0.25, 0.3) is 0 Å². The van der Waals surface area contributed by atoms with Crippen molar-refractivity contribution < 1.29 is 14.9 Å². The van der Waals surface area contributed by atoms with Gasteiger partial charge in [0.1, 0.15) is 11.7 Å². The first-order chi connectivity index (χ1) is 11.4. The molecule has 1 saturated heterocycles. The second-order valence-electron chi connectivity index (χ2n) is 10.3. The summed E-state index contributed by atoms with van der Waals surface area (Å²) < 4.78 is 6.13. The highest BCUT2D eigenvalue weighted by Crippen LogP contribution is 2.72. The zero-order valence-corrected chi connectivity index (χ0v) is 15.3. The molecule has 1 spiro atoms. The van der Waals surface area contributed by atoms with Gasteiger partial charge in [-0.3, -0.25) is 0 Å². The monoisotopic (exact) mass is 334 g/mol. The first kappa shape index (κ1) is 16.1. The van der Waals surface area contributed by atoms with Crippen LogP contribution in [-0.2, 0) is 4.74 Å². The summed E-state index contributed by atoms with van der Waals surface area (Å²) in [5.74, 6) is 3.23. The zero-order chi connectivity index (χ0) is 16.7. The molecule has 0 radical (unpaired) electrons. The van der Waals surface area contributed by atoms with Crippen molar-refractivity contribution in [3.8, 4) is 0 Å². The molecule has 0 bridgehead atoms. The van der Waals surface area contributed by atoms with E-state index in [0.29, 0.717) is 10.8 Å². The fourth-order valence-corrected chi connectivity index (χ4v) is 8.40. The summed E-state index contributed by atoms with van der Waals surface area (Å²) in [6.45, 7) is 5.24. The third-order valence-electron chi connectivity index (χ3n) is 9.80. The number of ether oxygens (including phenoxy) is 1. The highest BCUT2D eigenvalue weighted by molar-refractivity contribution is 5.22. The Kier molecular flexibility index (Phi) is 3.34. The van der Waals surface area contributed by atoms with Gasteiger partial charge in [-0.2, -0.15) is 0 Å². The van der Waals surface area contributed by atoms with Crippen LogP contribution in [0.4, 0.5) is 0 Å². The van der Waals surface area contributed by atoms with Crippen LogP contribution in [0.5, 0.6) is 0 Å². The van der Waals surface area contributed by atoms with Crippen LogP contribution >= 0.6 is 0 Å². The van der Waals surface area contributed by atoms with Crippen LogP contribution in [0.15, 0.2) is 0 Å². The molecule has 9 atom stereocenters. The van der Waals surface area contributed by atoms with E-state index in [2.05, 4.69) is 13.8 Å². The minimum Gasteiger partial charge on any atom is -0.394 e. The number of rotatable bonds is 1. The Hall–Kier alpha value is -0.120. The molecule has 1 unspecified atom stereocenters. The molecule has 0 amide bonds. The van der Waals surface area contributed by atoms with Crippen molar-refractivity contribution in [3.63, 3.8) is 0 Å². The van der Waals surface area contributed by atoms with Crippen LogP contribution in [0.2, 0.25) is 0 Å². The minimum absolute atomic E-state index is 0.0118. The van der Waals surface area contributed by atoms with Gasteiger partial charge in [0.15, 0.2) is 0 Å². The summed E-state index contributed by atoms with van der Waals surface area (Å²) in [7, 11) is 0. The maximum atomic E-state index is 10.1. The van der Waals surface area contributed by atoms with Crippen LogP contribution in [0.1, 0.15) is 71.6 Å². The lowest BCUT2D eigenvalue weighted by Gasteiger charge is -2.60. The smallest absolute Gasteiger partial charge is 0.111 e. The van der Waals surface area contributed by atoms with E-state index in [1.165, 1.54) is 44.9 Å². The van der Waals surface area contributed by atoms with Gasteiger partial charge in [0.2, 0.25) is 0 Å². The lowest BCUT2D eigenvalue weighted by molar-refractivity contribution is -0.128. The largest absolute Gasteiger partial charge is 0.394 e. The average Bonchev–Trinajstić information content (AvgIpc) is 3.21. The van der Waals surface area contributed by atoms with Gasteiger partial charge in [-0.25, -0.2) is 0 Å². The van der Waals surface area contributed by atoms with Crippen molar-refractivity contribution in [3.05, 3.63) is 0 Å². The standard InChI is InChI=1S/C21H34O3/c1-19-8-5-14(23)11-13(19)3-4-15-16(19)6-9-20(2)17(15)7-10-21(20)18(12-22)24-21/h13-18,22-23H,3-12H2,1-2H3/t13-,14-,15+,16-,17-,18?,19-,20-,21-/m0/s1. The highest BCUT2D eigenvalue weighted by atomic mass is 16.6. The number of hydrogen-bond acceptors (Lipinski definition) is 3. The van der Waals surface area contributed by atoms with Gasteiger partial charge in [0, 0.05) is 5.41 Å². The van der Waals surface area contributed by atoms with Gasteiger partial charge in [-0.1, -0.05) is 13.8 Å². The molecule has 1 heterocycles. The fraction of sp³-hybridized carbons (Fsp3) is 1.00. The Morgan fingerprint density at radius 2 is 1.75 bits per heavy atom. The number of aliphatic hydroxyl groups is 2. The quantitative estimate of drug-likeness (QED) is 0.722. The summed E-state index contributed by atoms with van der Waals surface area (Å²) in [6.07, 6.45) is 11.1. The Balaban J connectivity index is 1.44. The normalized spacial score (nSPS) is 62.0. The number of epoxide rings is 1. The molecule has 24 heavy (non-hydrogen) atoms. The molecule has 4 saturated carbocycles. The van der Waals surface area contributed by atoms with Gasteiger partial charge in [0.05, 0.1) is 12.7 Å². The van der Waals surface area contributed by atoms with Gasteiger partial charge >= 0.3 is 0 Å². The summed E-state index contributed by atoms with van der Waals surface area (Å²) in [5, 5.41) is 19.8. The molecule has 1 aliphatic heterocycles. The molecule has 4 aliphatic carbocycles. The van der Waals surface area contributed by atoms with Crippen molar-refractivity contribution in [2.75, 3.05) is 6.61 Å². The number of aliphatic hydroxyl groups excluding tert-OH is 2. The predicted octanol–water partition coefficient (Wildman–Crippen LogP) is 3.52. The van der Waals surface area contributed by atoms with Crippen molar-refractivity contribution in [2.24, 2.45) is 34.5 Å². The van der Waals surface area contributed by atoms with Gasteiger partial charge < -0.3 is 14.9 Å². The summed E-state index contributed by atoms with van der Waals surface area (Å²) in [6, 6.07) is 0. The summed E-state index contributed by atoms with van der Waals surface area (Å²) >= 11 is 0. The van der Waals surface area contributed by atoms with Crippen LogP contribution in [0.3, 0.4) is 0 Å². The van der Waals surface area contributed by atoms with E-state index in [-0.39, 0.29) is 24.4 Å². The number of fused-ring (bicyclic) bond motifs is 6.